The van der Waals surface area contributed by atoms with Gasteiger partial charge in [0.25, 0.3) is 11.6 Å². The van der Waals surface area contributed by atoms with Crippen LogP contribution in [0.15, 0.2) is 76.3 Å². The molecule has 1 unspecified atom stereocenters. The molecular formula is C26H24BrN3O7. The maximum atomic E-state index is 12.6. The van der Waals surface area contributed by atoms with Gasteiger partial charge in [-0.05, 0) is 67.9 Å². The SMILES string of the molecule is CCCOc1ccc(C(=O)Oc2ccc(Br)cc2/C=N/NC(=O)C(C)Oc2ccc([N+](=O)[O-])cc2)cc1. The molecule has 0 bridgehead atoms. The molecule has 0 aliphatic rings. The van der Waals surface area contributed by atoms with E-state index in [0.29, 0.717) is 33.7 Å². The number of esters is 1. The molecule has 0 radical (unpaired) electrons. The summed E-state index contributed by atoms with van der Waals surface area (Å²) in [7, 11) is 0. The Balaban J connectivity index is 1.61. The summed E-state index contributed by atoms with van der Waals surface area (Å²) >= 11 is 3.37. The molecule has 3 aromatic rings. The van der Waals surface area contributed by atoms with Crippen molar-refractivity contribution in [3.05, 3.63) is 92.4 Å². The standard InChI is InChI=1S/C26H24BrN3O7/c1-3-14-35-22-9-4-18(5-10-22)26(32)37-24-13-6-20(27)15-19(24)16-28-29-25(31)17(2)36-23-11-7-21(8-12-23)30(33)34/h4-13,15-17H,3,14H2,1-2H3,(H,29,31)/b28-16+. The number of carbonyl (C=O) groups is 2. The first-order valence-electron chi connectivity index (χ1n) is 11.3. The molecule has 1 N–H and O–H groups in total. The van der Waals surface area contributed by atoms with Gasteiger partial charge in [0.15, 0.2) is 6.10 Å². The highest BCUT2D eigenvalue weighted by Crippen LogP contribution is 2.23. The number of hydrogen-bond acceptors (Lipinski definition) is 8. The van der Waals surface area contributed by atoms with Gasteiger partial charge in [0.05, 0.1) is 23.3 Å². The van der Waals surface area contributed by atoms with E-state index in [1.165, 1.54) is 37.4 Å². The summed E-state index contributed by atoms with van der Waals surface area (Å²) in [6, 6.07) is 17.0. The van der Waals surface area contributed by atoms with Gasteiger partial charge in [0.2, 0.25) is 0 Å². The summed E-state index contributed by atoms with van der Waals surface area (Å²) in [6.45, 7) is 4.10. The molecule has 11 heteroatoms. The number of non-ortho nitro benzene ring substituents is 1. The lowest BCUT2D eigenvalue weighted by atomic mass is 10.2. The quantitative estimate of drug-likeness (QED) is 0.109. The molecule has 3 aromatic carbocycles. The molecule has 0 spiro atoms. The summed E-state index contributed by atoms with van der Waals surface area (Å²) in [6.07, 6.45) is 1.29. The molecule has 0 aliphatic carbocycles. The summed E-state index contributed by atoms with van der Waals surface area (Å²) in [5, 5.41) is 14.7. The average molecular weight is 570 g/mol. The molecule has 0 heterocycles. The second-order valence-corrected chi connectivity index (χ2v) is 8.61. The smallest absolute Gasteiger partial charge is 0.343 e. The first-order valence-corrected chi connectivity index (χ1v) is 12.0. The molecule has 10 nitrogen and oxygen atoms in total. The second-order valence-electron chi connectivity index (χ2n) is 7.69. The van der Waals surface area contributed by atoms with Gasteiger partial charge in [0, 0.05) is 22.2 Å². The van der Waals surface area contributed by atoms with Crippen molar-refractivity contribution in [2.24, 2.45) is 5.10 Å². The van der Waals surface area contributed by atoms with Crippen LogP contribution in [0.3, 0.4) is 0 Å². The monoisotopic (exact) mass is 569 g/mol. The highest BCUT2D eigenvalue weighted by atomic mass is 79.9. The first-order chi connectivity index (χ1) is 17.8. The molecule has 192 valence electrons. The predicted octanol–water partition coefficient (Wildman–Crippen LogP) is 5.28. The van der Waals surface area contributed by atoms with Gasteiger partial charge in [0.1, 0.15) is 17.2 Å². The zero-order valence-corrected chi connectivity index (χ0v) is 21.6. The maximum absolute atomic E-state index is 12.6. The fraction of sp³-hybridized carbons (Fsp3) is 0.192. The van der Waals surface area contributed by atoms with E-state index in [9.17, 15) is 19.7 Å². The summed E-state index contributed by atoms with van der Waals surface area (Å²) in [5.41, 5.74) is 3.06. The minimum atomic E-state index is -0.928. The number of ether oxygens (including phenoxy) is 3. The summed E-state index contributed by atoms with van der Waals surface area (Å²) in [5.74, 6) is 0.0927. The Morgan fingerprint density at radius 3 is 2.41 bits per heavy atom. The number of halogens is 1. The Morgan fingerprint density at radius 2 is 1.76 bits per heavy atom. The Kier molecular flexibility index (Phi) is 9.73. The second kappa shape index (κ2) is 13.2. The van der Waals surface area contributed by atoms with Crippen molar-refractivity contribution in [3.8, 4) is 17.2 Å². The highest BCUT2D eigenvalue weighted by molar-refractivity contribution is 9.10. The predicted molar refractivity (Wildman–Crippen MR) is 140 cm³/mol. The van der Waals surface area contributed by atoms with Crippen LogP contribution in [0.2, 0.25) is 0 Å². The van der Waals surface area contributed by atoms with E-state index in [4.69, 9.17) is 14.2 Å². The number of carbonyl (C=O) groups excluding carboxylic acids is 2. The Labute approximate surface area is 221 Å². The third-order valence-corrected chi connectivity index (χ3v) is 5.34. The molecular weight excluding hydrogens is 546 g/mol. The van der Waals surface area contributed by atoms with Crippen LogP contribution in [0.1, 0.15) is 36.2 Å². The largest absolute Gasteiger partial charge is 0.494 e. The van der Waals surface area contributed by atoms with Crippen LogP contribution < -0.4 is 19.6 Å². The maximum Gasteiger partial charge on any atom is 0.343 e. The number of amides is 1. The van der Waals surface area contributed by atoms with Gasteiger partial charge in [-0.2, -0.15) is 5.10 Å². The zero-order valence-electron chi connectivity index (χ0n) is 20.0. The van der Waals surface area contributed by atoms with Crippen molar-refractivity contribution >= 4 is 39.7 Å². The Morgan fingerprint density at radius 1 is 1.08 bits per heavy atom. The fourth-order valence-corrected chi connectivity index (χ4v) is 3.32. The Bertz CT molecular complexity index is 1280. The molecule has 3 rings (SSSR count). The summed E-state index contributed by atoms with van der Waals surface area (Å²) < 4.78 is 17.3. The third-order valence-electron chi connectivity index (χ3n) is 4.85. The molecule has 0 fully saturated rings. The number of hydrazone groups is 1. The lowest BCUT2D eigenvalue weighted by molar-refractivity contribution is -0.384. The molecule has 0 aromatic heterocycles. The number of nitrogens with zero attached hydrogens (tertiary/aromatic N) is 2. The molecule has 1 amide bonds. The van der Waals surface area contributed by atoms with Crippen LogP contribution in [0.25, 0.3) is 0 Å². The normalized spacial score (nSPS) is 11.5. The van der Waals surface area contributed by atoms with Gasteiger partial charge >= 0.3 is 5.97 Å². The molecule has 0 saturated carbocycles. The van der Waals surface area contributed by atoms with Crippen LogP contribution in [-0.4, -0.2) is 35.7 Å². The lowest BCUT2D eigenvalue weighted by Crippen LogP contribution is -2.33. The minimum Gasteiger partial charge on any atom is -0.494 e. The van der Waals surface area contributed by atoms with Crippen molar-refractivity contribution in [2.45, 2.75) is 26.4 Å². The van der Waals surface area contributed by atoms with Crippen molar-refractivity contribution in [1.82, 2.24) is 5.43 Å². The van der Waals surface area contributed by atoms with Crippen LogP contribution in [0.5, 0.6) is 17.2 Å². The molecule has 1 atom stereocenters. The molecule has 0 saturated heterocycles. The number of nitro groups is 1. The van der Waals surface area contributed by atoms with Crippen LogP contribution in [0.4, 0.5) is 5.69 Å². The highest BCUT2D eigenvalue weighted by Gasteiger charge is 2.16. The van der Waals surface area contributed by atoms with E-state index in [-0.39, 0.29) is 11.4 Å². The van der Waals surface area contributed by atoms with Crippen LogP contribution in [0, 0.1) is 10.1 Å². The summed E-state index contributed by atoms with van der Waals surface area (Å²) in [4.78, 5) is 35.2. The number of benzene rings is 3. The number of hydrogen-bond donors (Lipinski definition) is 1. The first kappa shape index (κ1) is 27.3. The van der Waals surface area contributed by atoms with E-state index >= 15 is 0 Å². The average Bonchev–Trinajstić information content (AvgIpc) is 2.89. The number of nitro benzene ring substituents is 1. The van der Waals surface area contributed by atoms with Gasteiger partial charge in [-0.3, -0.25) is 14.9 Å². The molecule has 0 aliphatic heterocycles. The molecule has 37 heavy (non-hydrogen) atoms. The van der Waals surface area contributed by atoms with E-state index < -0.39 is 22.9 Å². The van der Waals surface area contributed by atoms with Crippen molar-refractivity contribution < 1.29 is 28.7 Å². The van der Waals surface area contributed by atoms with Gasteiger partial charge < -0.3 is 14.2 Å². The van der Waals surface area contributed by atoms with Crippen LogP contribution >= 0.6 is 15.9 Å². The van der Waals surface area contributed by atoms with Gasteiger partial charge in [-0.15, -0.1) is 0 Å². The van der Waals surface area contributed by atoms with Crippen molar-refractivity contribution in [1.29, 1.82) is 0 Å². The van der Waals surface area contributed by atoms with Crippen molar-refractivity contribution in [3.63, 3.8) is 0 Å². The topological polar surface area (TPSA) is 129 Å². The zero-order chi connectivity index (χ0) is 26.8. The lowest BCUT2D eigenvalue weighted by Gasteiger charge is -2.12. The minimum absolute atomic E-state index is 0.0856. The van der Waals surface area contributed by atoms with Crippen molar-refractivity contribution in [2.75, 3.05) is 6.61 Å². The van der Waals surface area contributed by atoms with E-state index in [0.717, 1.165) is 6.42 Å². The van der Waals surface area contributed by atoms with E-state index in [2.05, 4.69) is 26.5 Å². The van der Waals surface area contributed by atoms with Crippen LogP contribution in [-0.2, 0) is 4.79 Å². The Hall–Kier alpha value is -4.25. The van der Waals surface area contributed by atoms with Gasteiger partial charge in [-0.1, -0.05) is 22.9 Å². The third kappa shape index (κ3) is 8.14. The van der Waals surface area contributed by atoms with E-state index in [1.807, 2.05) is 6.92 Å². The van der Waals surface area contributed by atoms with Gasteiger partial charge in [-0.25, -0.2) is 10.2 Å². The number of rotatable bonds is 11. The van der Waals surface area contributed by atoms with E-state index in [1.54, 1.807) is 42.5 Å². The number of nitrogens with one attached hydrogen (secondary N) is 1. The fourth-order valence-electron chi connectivity index (χ4n) is 2.94.